The second-order valence-electron chi connectivity index (χ2n) is 0.961. The molecule has 0 fully saturated rings. The van der Waals surface area contributed by atoms with Crippen LogP contribution in [0.1, 0.15) is 0 Å². The molecule has 0 aliphatic heterocycles. The van der Waals surface area contributed by atoms with Gasteiger partial charge in [0.1, 0.15) is 0 Å². The molecule has 0 aliphatic carbocycles. The van der Waals surface area contributed by atoms with E-state index in [9.17, 15) is 0 Å². The van der Waals surface area contributed by atoms with Crippen LogP contribution in [-0.4, -0.2) is 128 Å². The molecule has 0 aromatic rings. The van der Waals surface area contributed by atoms with E-state index in [0.717, 1.165) is 0 Å². The molecule has 0 aromatic carbocycles. The van der Waals surface area contributed by atoms with Crippen molar-refractivity contribution in [3.63, 3.8) is 0 Å². The van der Waals surface area contributed by atoms with Gasteiger partial charge < -0.3 is 20.2 Å². The van der Waals surface area contributed by atoms with Crippen LogP contribution >= 0.6 is 7.82 Å². The Morgan fingerprint density at radius 1 is 1.00 bits per heavy atom. The van der Waals surface area contributed by atoms with Crippen molar-refractivity contribution in [2.45, 2.75) is 0 Å². The summed E-state index contributed by atoms with van der Waals surface area (Å²) in [5.74, 6) is 0. The summed E-state index contributed by atoms with van der Waals surface area (Å²) in [4.78, 5) is 21.6. The second-order valence-corrected chi connectivity index (χ2v) is 2.88. The van der Waals surface area contributed by atoms with Gasteiger partial charge in [-0.05, 0) is 0 Å². The van der Waals surface area contributed by atoms with Crippen molar-refractivity contribution in [2.75, 3.05) is 0 Å². The van der Waals surface area contributed by atoms with Crippen LogP contribution in [0.4, 0.5) is 0 Å². The van der Waals surface area contributed by atoms with Gasteiger partial charge in [0.25, 0.3) is 0 Å². The number of phosphoric acid groups is 1. The monoisotopic (exact) mass is 544 g/mol. The Balaban J connectivity index is -0.0000000178. The summed E-state index contributed by atoms with van der Waals surface area (Å²) in [6, 6.07) is 0. The fraction of sp³-hybridized carbons (Fsp3) is 0. The van der Waals surface area contributed by atoms with Crippen LogP contribution < -0.4 is 0 Å². The van der Waals surface area contributed by atoms with Crippen LogP contribution in [0.5, 0.6) is 0 Å². The average molecular weight is 543 g/mol. The molecule has 0 aliphatic rings. The molecule has 0 rings (SSSR count). The van der Waals surface area contributed by atoms with Crippen LogP contribution in [0.2, 0.25) is 0 Å². The second kappa shape index (κ2) is 15.9. The van der Waals surface area contributed by atoms with Crippen LogP contribution in [0.15, 0.2) is 0 Å². The summed E-state index contributed by atoms with van der Waals surface area (Å²) in [6.45, 7) is 0. The molecule has 0 saturated heterocycles. The maximum absolute atomic E-state index is 8.88. The molecule has 0 bridgehead atoms. The third-order valence-corrected chi connectivity index (χ3v) is 0. The normalized spacial score (nSPS) is 8.36. The molecule has 0 heterocycles. The summed E-state index contributed by atoms with van der Waals surface area (Å²) in [5, 5.41) is 0. The van der Waals surface area contributed by atoms with Gasteiger partial charge in [-0.1, -0.05) is 0 Å². The van der Waals surface area contributed by atoms with E-state index >= 15 is 0 Å². The Morgan fingerprint density at radius 3 is 1.00 bits per heavy atom. The minimum absolute atomic E-state index is 0. The Labute approximate surface area is 148 Å². The molecule has 0 amide bonds. The van der Waals surface area contributed by atoms with Crippen molar-refractivity contribution in [2.24, 2.45) is 0 Å². The first-order valence-corrected chi connectivity index (χ1v) is 4.44. The molecule has 7 N–H and O–H groups in total. The number of hydrogen-bond acceptors (Lipinski definition) is 3. The third kappa shape index (κ3) is 346. The number of hydrogen-bond donors (Lipinski definition) is 5. The molecule has 14 heavy (non-hydrogen) atoms. The van der Waals surface area contributed by atoms with Crippen molar-refractivity contribution in [3.8, 4) is 0 Å². The maximum atomic E-state index is 8.88. The standard InChI is InChI=1S/Al.H3O4P.H2O4S.H2O.Pb.Sr.7H/c;2*1-5(2,3)4;;;;;;;;;;/h;(H3,1,2,3,4);(H2,1,2,3,4);1H2;;;;;;;;;. The van der Waals surface area contributed by atoms with Crippen LogP contribution in [0.25, 0.3) is 0 Å². The van der Waals surface area contributed by atoms with Crippen molar-refractivity contribution < 1.29 is 42.2 Å². The van der Waals surface area contributed by atoms with Gasteiger partial charge in [-0.25, -0.2) is 4.57 Å². The first kappa shape index (κ1) is 36.0. The molecular formula is H14AlO9PPbSSr. The third-order valence-electron chi connectivity index (χ3n) is 0. The molecule has 2 radical (unpaired) electrons. The van der Waals surface area contributed by atoms with Crippen LogP contribution in [0, 0.1) is 0 Å². The molecule has 14 heteroatoms. The van der Waals surface area contributed by atoms with Crippen molar-refractivity contribution in [3.05, 3.63) is 0 Å². The zero-order valence-corrected chi connectivity index (χ0v) is 12.7. The summed E-state index contributed by atoms with van der Waals surface area (Å²) in [5.41, 5.74) is 0. The Morgan fingerprint density at radius 2 is 1.00 bits per heavy atom. The van der Waals surface area contributed by atoms with Crippen molar-refractivity contribution in [1.29, 1.82) is 0 Å². The van der Waals surface area contributed by atoms with Gasteiger partial charge in [-0.15, -0.1) is 0 Å². The Bertz CT molecular complexity index is 203. The SMILES string of the molecule is O.O=P(O)(O)O.O=S(=O)(O)O.[AlH3].[PbH2].[SrH2]. The van der Waals surface area contributed by atoms with Gasteiger partial charge in [0.2, 0.25) is 0 Å². The molecule has 0 unspecified atom stereocenters. The molecule has 88 valence electrons. The van der Waals surface area contributed by atoms with E-state index in [4.69, 9.17) is 36.8 Å². The van der Waals surface area contributed by atoms with Gasteiger partial charge in [0, 0.05) is 0 Å². The predicted molar refractivity (Wildman–Crippen MR) is 59.1 cm³/mol. The molecule has 0 atom stereocenters. The van der Waals surface area contributed by atoms with E-state index in [1.165, 1.54) is 0 Å². The van der Waals surface area contributed by atoms with Gasteiger partial charge >= 0.3 is 91.0 Å². The molecule has 9 nitrogen and oxygen atoms in total. The van der Waals surface area contributed by atoms with E-state index in [0.29, 0.717) is 0 Å². The van der Waals surface area contributed by atoms with Gasteiger partial charge in [0.15, 0.2) is 17.4 Å². The topological polar surface area (TPSA) is 184 Å². The quantitative estimate of drug-likeness (QED) is 0.114. The summed E-state index contributed by atoms with van der Waals surface area (Å²) in [6.07, 6.45) is 0. The Hall–Kier alpha value is 2.88. The Kier molecular flexibility index (Phi) is 40.8. The molecular weight excluding hydrogens is 529 g/mol. The minimum atomic E-state index is -4.67. The predicted octanol–water partition coefficient (Wildman–Crippen LogP) is -5.42. The zero-order valence-electron chi connectivity index (χ0n) is 5.52. The number of rotatable bonds is 0. The van der Waals surface area contributed by atoms with E-state index < -0.39 is 18.2 Å². The van der Waals surface area contributed by atoms with Crippen LogP contribution in [0.3, 0.4) is 0 Å². The fourth-order valence-electron chi connectivity index (χ4n) is 0. The van der Waals surface area contributed by atoms with Crippen molar-refractivity contribution >= 4 is 108 Å². The summed E-state index contributed by atoms with van der Waals surface area (Å²) >= 11 is 0. The zero-order chi connectivity index (χ0) is 9.00. The van der Waals surface area contributed by atoms with E-state index in [1.807, 2.05) is 0 Å². The average Bonchev–Trinajstić information content (AvgIpc) is 1.12. The van der Waals surface area contributed by atoms with E-state index in [-0.39, 0.29) is 95.6 Å². The van der Waals surface area contributed by atoms with Crippen molar-refractivity contribution in [1.82, 2.24) is 0 Å². The van der Waals surface area contributed by atoms with E-state index in [2.05, 4.69) is 0 Å². The molecule has 0 spiro atoms. The summed E-state index contributed by atoms with van der Waals surface area (Å²) in [7, 11) is -9.31. The summed E-state index contributed by atoms with van der Waals surface area (Å²) < 4.78 is 40.5. The first-order chi connectivity index (χ1) is 4.00. The molecule has 0 aromatic heterocycles. The first-order valence-electron chi connectivity index (χ1n) is 1.48. The van der Waals surface area contributed by atoms with Gasteiger partial charge in [-0.3, -0.25) is 9.11 Å². The molecule has 0 saturated carbocycles. The fourth-order valence-corrected chi connectivity index (χ4v) is 0. The van der Waals surface area contributed by atoms with E-state index in [1.54, 1.807) is 0 Å². The van der Waals surface area contributed by atoms with Gasteiger partial charge in [-0.2, -0.15) is 8.42 Å². The van der Waals surface area contributed by atoms with Crippen LogP contribution in [-0.2, 0) is 15.0 Å². The van der Waals surface area contributed by atoms with Gasteiger partial charge in [0.05, 0.1) is 0 Å².